The van der Waals surface area contributed by atoms with E-state index < -0.39 is 11.3 Å². The topological polar surface area (TPSA) is 32.3 Å². The summed E-state index contributed by atoms with van der Waals surface area (Å²) < 4.78 is 42.8. The normalized spacial score (nSPS) is 25.7. The maximum Gasteiger partial charge on any atom is 0.257 e. The highest BCUT2D eigenvalue weighted by molar-refractivity contribution is 5.38. The van der Waals surface area contributed by atoms with Gasteiger partial charge in [-0.15, -0.1) is 0 Å². The van der Waals surface area contributed by atoms with Crippen molar-refractivity contribution in [3.63, 3.8) is 0 Å². The minimum Gasteiger partial charge on any atom is -0.354 e. The van der Waals surface area contributed by atoms with E-state index in [4.69, 9.17) is 0 Å². The Morgan fingerprint density at radius 1 is 1.00 bits per heavy atom. The van der Waals surface area contributed by atoms with Crippen LogP contribution in [0.5, 0.6) is 0 Å². The lowest BCUT2D eigenvalue weighted by Crippen LogP contribution is -2.56. The molecule has 2 aliphatic heterocycles. The number of piperidine rings is 1. The van der Waals surface area contributed by atoms with E-state index in [1.54, 1.807) is 30.7 Å². The van der Waals surface area contributed by atoms with Crippen molar-refractivity contribution in [1.82, 2.24) is 14.9 Å². The summed E-state index contributed by atoms with van der Waals surface area (Å²) in [6.07, 6.45) is 5.06. The Balaban J connectivity index is 1.51. The van der Waals surface area contributed by atoms with Crippen molar-refractivity contribution in [3.05, 3.63) is 54.2 Å². The van der Waals surface area contributed by atoms with E-state index in [9.17, 15) is 13.2 Å². The van der Waals surface area contributed by atoms with Gasteiger partial charge in [0.25, 0.3) is 5.92 Å². The van der Waals surface area contributed by atoms with Gasteiger partial charge in [-0.2, -0.15) is 0 Å². The fourth-order valence-corrected chi connectivity index (χ4v) is 4.12. The number of hydrogen-bond acceptors (Lipinski definition) is 4. The molecule has 1 aromatic carbocycles. The van der Waals surface area contributed by atoms with E-state index in [1.807, 2.05) is 4.90 Å². The number of nitrogens with zero attached hydrogens (tertiary/aromatic N) is 4. The van der Waals surface area contributed by atoms with Gasteiger partial charge in [0.15, 0.2) is 0 Å². The molecule has 0 bridgehead atoms. The van der Waals surface area contributed by atoms with E-state index in [0.29, 0.717) is 38.4 Å². The van der Waals surface area contributed by atoms with Crippen molar-refractivity contribution in [2.45, 2.75) is 25.3 Å². The van der Waals surface area contributed by atoms with Gasteiger partial charge in [0.1, 0.15) is 11.6 Å². The van der Waals surface area contributed by atoms with Gasteiger partial charge >= 0.3 is 0 Å². The van der Waals surface area contributed by atoms with Crippen molar-refractivity contribution in [1.29, 1.82) is 0 Å². The average Bonchev–Trinajstić information content (AvgIpc) is 3.07. The lowest BCUT2D eigenvalue weighted by molar-refractivity contribution is -0.158. The zero-order valence-corrected chi connectivity index (χ0v) is 14.4. The highest BCUT2D eigenvalue weighted by Crippen LogP contribution is 2.50. The quantitative estimate of drug-likeness (QED) is 0.838. The van der Waals surface area contributed by atoms with Gasteiger partial charge in [-0.25, -0.2) is 18.2 Å². The van der Waals surface area contributed by atoms with Crippen molar-refractivity contribution in [2.24, 2.45) is 5.41 Å². The second-order valence-electron chi connectivity index (χ2n) is 7.31. The summed E-state index contributed by atoms with van der Waals surface area (Å²) in [5, 5.41) is 0. The molecule has 0 radical (unpaired) electrons. The van der Waals surface area contributed by atoms with Crippen LogP contribution in [-0.2, 0) is 6.54 Å². The van der Waals surface area contributed by atoms with Gasteiger partial charge in [-0.1, -0.05) is 12.1 Å². The third-order valence-corrected chi connectivity index (χ3v) is 5.59. The van der Waals surface area contributed by atoms with Crippen LogP contribution in [0.1, 0.15) is 18.4 Å². The van der Waals surface area contributed by atoms with Crippen LogP contribution in [0.3, 0.4) is 0 Å². The Morgan fingerprint density at radius 2 is 1.81 bits per heavy atom. The molecule has 0 N–H and O–H groups in total. The van der Waals surface area contributed by atoms with Crippen molar-refractivity contribution in [3.8, 4) is 0 Å². The average molecular weight is 362 g/mol. The summed E-state index contributed by atoms with van der Waals surface area (Å²) in [7, 11) is 0. The largest absolute Gasteiger partial charge is 0.354 e. The molecule has 4 rings (SSSR count). The Morgan fingerprint density at radius 3 is 2.54 bits per heavy atom. The summed E-state index contributed by atoms with van der Waals surface area (Å²) in [5.74, 6) is -2.34. The van der Waals surface area contributed by atoms with Crippen molar-refractivity contribution in [2.75, 3.05) is 31.1 Å². The zero-order valence-electron chi connectivity index (χ0n) is 14.4. The van der Waals surface area contributed by atoms with Crippen LogP contribution in [0, 0.1) is 11.2 Å². The Kier molecular flexibility index (Phi) is 4.34. The molecular formula is C19H21F3N4. The third-order valence-electron chi connectivity index (χ3n) is 5.59. The predicted octanol–water partition coefficient (Wildman–Crippen LogP) is 3.35. The van der Waals surface area contributed by atoms with E-state index >= 15 is 0 Å². The SMILES string of the molecule is Fc1ccc(CN2CCC(F)(F)[C@]3(CCN(c4cnccn4)C3)C2)cc1. The van der Waals surface area contributed by atoms with Crippen LogP contribution in [0.25, 0.3) is 0 Å². The Bertz CT molecular complexity index is 753. The molecule has 2 aliphatic rings. The first-order chi connectivity index (χ1) is 12.5. The van der Waals surface area contributed by atoms with E-state index in [0.717, 1.165) is 5.56 Å². The zero-order chi connectivity index (χ0) is 18.2. The Labute approximate surface area is 150 Å². The maximum absolute atomic E-state index is 14.9. The Hall–Kier alpha value is -2.15. The summed E-state index contributed by atoms with van der Waals surface area (Å²) in [4.78, 5) is 12.3. The first-order valence-corrected chi connectivity index (χ1v) is 8.83. The molecular weight excluding hydrogens is 341 g/mol. The molecule has 4 nitrogen and oxygen atoms in total. The van der Waals surface area contributed by atoms with Crippen molar-refractivity contribution < 1.29 is 13.2 Å². The number of aromatic nitrogens is 2. The monoisotopic (exact) mass is 362 g/mol. The number of hydrogen-bond donors (Lipinski definition) is 0. The predicted molar refractivity (Wildman–Crippen MR) is 92.5 cm³/mol. The molecule has 3 heterocycles. The fourth-order valence-electron chi connectivity index (χ4n) is 4.12. The number of benzene rings is 1. The molecule has 26 heavy (non-hydrogen) atoms. The van der Waals surface area contributed by atoms with Gasteiger partial charge < -0.3 is 4.90 Å². The highest BCUT2D eigenvalue weighted by atomic mass is 19.3. The maximum atomic E-state index is 14.9. The van der Waals surface area contributed by atoms with Crippen LogP contribution in [0.2, 0.25) is 0 Å². The molecule has 2 saturated heterocycles. The number of halogens is 3. The van der Waals surface area contributed by atoms with Crippen LogP contribution in [-0.4, -0.2) is 47.0 Å². The van der Waals surface area contributed by atoms with Crippen LogP contribution in [0.4, 0.5) is 19.0 Å². The summed E-state index contributed by atoms with van der Waals surface area (Å²) in [5.41, 5.74) is -0.140. The van der Waals surface area contributed by atoms with Gasteiger partial charge in [0.2, 0.25) is 0 Å². The highest BCUT2D eigenvalue weighted by Gasteiger charge is 2.59. The molecule has 138 valence electrons. The first kappa shape index (κ1) is 17.3. The smallest absolute Gasteiger partial charge is 0.257 e. The molecule has 0 amide bonds. The van der Waals surface area contributed by atoms with Crippen molar-refractivity contribution >= 4 is 5.82 Å². The molecule has 0 unspecified atom stereocenters. The molecule has 2 aromatic rings. The fraction of sp³-hybridized carbons (Fsp3) is 0.474. The number of likely N-dealkylation sites (tertiary alicyclic amines) is 1. The van der Waals surface area contributed by atoms with Gasteiger partial charge in [-0.05, 0) is 24.1 Å². The van der Waals surface area contributed by atoms with E-state index in [2.05, 4.69) is 14.9 Å². The second-order valence-corrected chi connectivity index (χ2v) is 7.31. The van der Waals surface area contributed by atoms with Crippen LogP contribution >= 0.6 is 0 Å². The van der Waals surface area contributed by atoms with E-state index in [1.165, 1.54) is 12.1 Å². The molecule has 1 atom stereocenters. The standard InChI is InChI=1S/C19H21F3N4/c20-16-3-1-15(2-4-16)12-25-9-6-19(21,22)18(13-25)5-10-26(14-18)17-11-23-7-8-24-17/h1-4,7-8,11H,5-6,9-10,12-14H2/t18-/m1/s1. The van der Waals surface area contributed by atoms with Crippen LogP contribution < -0.4 is 4.90 Å². The number of rotatable bonds is 3. The second kappa shape index (κ2) is 6.54. The molecule has 2 fully saturated rings. The van der Waals surface area contributed by atoms with E-state index in [-0.39, 0.29) is 18.8 Å². The minimum atomic E-state index is -2.71. The molecule has 7 heteroatoms. The third kappa shape index (κ3) is 3.16. The lowest BCUT2D eigenvalue weighted by atomic mass is 9.75. The van der Waals surface area contributed by atoms with Crippen LogP contribution in [0.15, 0.2) is 42.9 Å². The first-order valence-electron chi connectivity index (χ1n) is 8.83. The summed E-state index contributed by atoms with van der Waals surface area (Å²) in [6.45, 7) is 2.06. The number of anilines is 1. The van der Waals surface area contributed by atoms with Gasteiger partial charge in [0.05, 0.1) is 11.6 Å². The lowest BCUT2D eigenvalue weighted by Gasteiger charge is -2.46. The molecule has 0 aliphatic carbocycles. The summed E-state index contributed by atoms with van der Waals surface area (Å²) in [6, 6.07) is 6.26. The number of alkyl halides is 2. The summed E-state index contributed by atoms with van der Waals surface area (Å²) >= 11 is 0. The van der Waals surface area contributed by atoms with Gasteiger partial charge in [0, 0.05) is 51.5 Å². The minimum absolute atomic E-state index is 0.150. The molecule has 1 aromatic heterocycles. The molecule has 1 spiro atoms. The van der Waals surface area contributed by atoms with Gasteiger partial charge in [-0.3, -0.25) is 9.88 Å². The molecule has 0 saturated carbocycles.